The van der Waals surface area contributed by atoms with Gasteiger partial charge >= 0.3 is 0 Å². The topological polar surface area (TPSA) is 125 Å². The van der Waals surface area contributed by atoms with Crippen molar-refractivity contribution in [3.8, 4) is 6.07 Å². The summed E-state index contributed by atoms with van der Waals surface area (Å²) >= 11 is 0. The van der Waals surface area contributed by atoms with Crippen LogP contribution in [-0.2, 0) is 14.6 Å². The number of nitriles is 1. The normalized spacial score (nSPS) is 15.2. The molecule has 1 atom stereocenters. The van der Waals surface area contributed by atoms with Gasteiger partial charge in [-0.25, -0.2) is 18.4 Å². The molecular formula is C23H23N5O3S. The van der Waals surface area contributed by atoms with Crippen molar-refractivity contribution in [3.05, 3.63) is 54.2 Å². The van der Waals surface area contributed by atoms with Crippen molar-refractivity contribution < 1.29 is 13.2 Å². The SMILES string of the molecule is CC(=O)Nc1ccc(S(=O)(=O)[C@@H](C#N)c2nc3ccccc3nc2NC2CCCC2)cc1. The van der Waals surface area contributed by atoms with Crippen LogP contribution in [0.5, 0.6) is 0 Å². The van der Waals surface area contributed by atoms with Crippen LogP contribution in [0.4, 0.5) is 11.5 Å². The molecule has 0 aliphatic heterocycles. The van der Waals surface area contributed by atoms with Crippen LogP contribution < -0.4 is 10.6 Å². The molecule has 1 aliphatic carbocycles. The number of sulfone groups is 1. The molecule has 0 saturated heterocycles. The van der Waals surface area contributed by atoms with Crippen LogP contribution in [0.25, 0.3) is 11.0 Å². The molecule has 9 heteroatoms. The van der Waals surface area contributed by atoms with Crippen molar-refractivity contribution in [2.45, 2.75) is 48.8 Å². The van der Waals surface area contributed by atoms with Crippen molar-refractivity contribution >= 4 is 38.3 Å². The maximum Gasteiger partial charge on any atom is 0.221 e. The van der Waals surface area contributed by atoms with Gasteiger partial charge in [-0.1, -0.05) is 25.0 Å². The predicted octanol–water partition coefficient (Wildman–Crippen LogP) is 3.98. The lowest BCUT2D eigenvalue weighted by Crippen LogP contribution is -2.21. The second-order valence-electron chi connectivity index (χ2n) is 7.83. The van der Waals surface area contributed by atoms with Gasteiger partial charge in [0.1, 0.15) is 5.69 Å². The van der Waals surface area contributed by atoms with E-state index in [4.69, 9.17) is 0 Å². The molecule has 2 N–H and O–H groups in total. The predicted molar refractivity (Wildman–Crippen MR) is 122 cm³/mol. The Kier molecular flexibility index (Phi) is 6.06. The number of benzene rings is 2. The minimum Gasteiger partial charge on any atom is -0.366 e. The third kappa shape index (κ3) is 4.41. The van der Waals surface area contributed by atoms with Gasteiger partial charge in [0.25, 0.3) is 0 Å². The minimum absolute atomic E-state index is 0.0278. The number of fused-ring (bicyclic) bond motifs is 1. The third-order valence-corrected chi connectivity index (χ3v) is 7.35. The molecule has 0 bridgehead atoms. The number of nitrogens with one attached hydrogen (secondary N) is 2. The molecule has 8 nitrogen and oxygen atoms in total. The quantitative estimate of drug-likeness (QED) is 0.583. The maximum atomic E-state index is 13.4. The number of anilines is 2. The first-order chi connectivity index (χ1) is 15.4. The number of carbonyl (C=O) groups is 1. The Morgan fingerprint density at radius 2 is 1.69 bits per heavy atom. The van der Waals surface area contributed by atoms with Crippen LogP contribution in [0, 0.1) is 11.3 Å². The molecule has 32 heavy (non-hydrogen) atoms. The van der Waals surface area contributed by atoms with E-state index in [0.29, 0.717) is 22.5 Å². The van der Waals surface area contributed by atoms with Gasteiger partial charge in [-0.15, -0.1) is 0 Å². The van der Waals surface area contributed by atoms with Crippen LogP contribution in [0.1, 0.15) is 43.6 Å². The second kappa shape index (κ2) is 8.93. The summed E-state index contributed by atoms with van der Waals surface area (Å²) in [4.78, 5) is 20.4. The number of para-hydroxylation sites is 2. The van der Waals surface area contributed by atoms with E-state index in [1.807, 2.05) is 18.2 Å². The molecule has 164 valence electrons. The second-order valence-corrected chi connectivity index (χ2v) is 9.86. The summed E-state index contributed by atoms with van der Waals surface area (Å²) in [5, 5.41) is 14.3. The molecular weight excluding hydrogens is 426 g/mol. The number of hydrogen-bond acceptors (Lipinski definition) is 7. The number of carbonyl (C=O) groups excluding carboxylic acids is 1. The molecule has 4 rings (SSSR count). The van der Waals surface area contributed by atoms with Crippen molar-refractivity contribution in [3.63, 3.8) is 0 Å². The largest absolute Gasteiger partial charge is 0.366 e. The van der Waals surface area contributed by atoms with E-state index in [2.05, 4.69) is 20.6 Å². The molecule has 1 aromatic heterocycles. The molecule has 0 spiro atoms. The highest BCUT2D eigenvalue weighted by atomic mass is 32.2. The van der Waals surface area contributed by atoms with Gasteiger partial charge in [-0.05, 0) is 49.2 Å². The Bertz CT molecular complexity index is 1290. The first kappa shape index (κ1) is 21.7. The van der Waals surface area contributed by atoms with E-state index in [9.17, 15) is 18.5 Å². The molecule has 3 aromatic rings. The molecule has 1 amide bonds. The fourth-order valence-corrected chi connectivity index (χ4v) is 5.30. The van der Waals surface area contributed by atoms with Crippen LogP contribution in [0.3, 0.4) is 0 Å². The summed E-state index contributed by atoms with van der Waals surface area (Å²) in [5.41, 5.74) is 1.73. The molecule has 1 fully saturated rings. The van der Waals surface area contributed by atoms with Crippen LogP contribution in [0.15, 0.2) is 53.4 Å². The Hall–Kier alpha value is -3.51. The summed E-state index contributed by atoms with van der Waals surface area (Å²) in [7, 11) is -4.09. The Morgan fingerprint density at radius 3 is 2.28 bits per heavy atom. The van der Waals surface area contributed by atoms with Crippen molar-refractivity contribution in [2.24, 2.45) is 0 Å². The summed E-state index contributed by atoms with van der Waals surface area (Å²) in [5.74, 6) is 0.0742. The molecule has 1 saturated carbocycles. The summed E-state index contributed by atoms with van der Waals surface area (Å²) in [6, 6.07) is 15.0. The smallest absolute Gasteiger partial charge is 0.221 e. The van der Waals surface area contributed by atoms with Crippen molar-refractivity contribution in [1.29, 1.82) is 5.26 Å². The van der Waals surface area contributed by atoms with Crippen LogP contribution >= 0.6 is 0 Å². The molecule has 0 radical (unpaired) electrons. The molecule has 1 aliphatic rings. The maximum absolute atomic E-state index is 13.4. The Labute approximate surface area is 186 Å². The summed E-state index contributed by atoms with van der Waals surface area (Å²) in [6.07, 6.45) is 4.11. The number of nitrogens with zero attached hydrogens (tertiary/aromatic N) is 3. The fourth-order valence-electron chi connectivity index (χ4n) is 3.91. The first-order valence-corrected chi connectivity index (χ1v) is 12.0. The van der Waals surface area contributed by atoms with Crippen molar-refractivity contribution in [2.75, 3.05) is 10.6 Å². The number of amides is 1. The number of rotatable bonds is 6. The van der Waals surface area contributed by atoms with Gasteiger partial charge in [0.05, 0.1) is 22.0 Å². The minimum atomic E-state index is -4.09. The Balaban J connectivity index is 1.77. The average Bonchev–Trinajstić information content (AvgIpc) is 3.27. The van der Waals surface area contributed by atoms with Gasteiger partial charge in [-0.2, -0.15) is 5.26 Å². The molecule has 2 aromatic carbocycles. The van der Waals surface area contributed by atoms with E-state index in [-0.39, 0.29) is 22.5 Å². The number of hydrogen-bond donors (Lipinski definition) is 2. The highest BCUT2D eigenvalue weighted by Gasteiger charge is 2.34. The monoisotopic (exact) mass is 449 g/mol. The first-order valence-electron chi connectivity index (χ1n) is 10.4. The van der Waals surface area contributed by atoms with E-state index < -0.39 is 15.1 Å². The lowest BCUT2D eigenvalue weighted by Gasteiger charge is -2.19. The summed E-state index contributed by atoms with van der Waals surface area (Å²) < 4.78 is 26.8. The third-order valence-electron chi connectivity index (χ3n) is 5.47. The Morgan fingerprint density at radius 1 is 1.06 bits per heavy atom. The zero-order valence-corrected chi connectivity index (χ0v) is 18.4. The van der Waals surface area contributed by atoms with Crippen LogP contribution in [-0.4, -0.2) is 30.3 Å². The van der Waals surface area contributed by atoms with Gasteiger partial charge in [0.2, 0.25) is 15.7 Å². The fraction of sp³-hybridized carbons (Fsp3) is 0.304. The van der Waals surface area contributed by atoms with E-state index in [0.717, 1.165) is 25.7 Å². The van der Waals surface area contributed by atoms with E-state index in [1.165, 1.54) is 31.2 Å². The summed E-state index contributed by atoms with van der Waals surface area (Å²) in [6.45, 7) is 1.37. The average molecular weight is 450 g/mol. The van der Waals surface area contributed by atoms with Crippen molar-refractivity contribution in [1.82, 2.24) is 9.97 Å². The highest BCUT2D eigenvalue weighted by Crippen LogP contribution is 2.34. The van der Waals surface area contributed by atoms with Crippen LogP contribution in [0.2, 0.25) is 0 Å². The van der Waals surface area contributed by atoms with Gasteiger partial charge in [0.15, 0.2) is 11.1 Å². The molecule has 1 heterocycles. The lowest BCUT2D eigenvalue weighted by atomic mass is 10.2. The van der Waals surface area contributed by atoms with Gasteiger partial charge < -0.3 is 10.6 Å². The van der Waals surface area contributed by atoms with E-state index >= 15 is 0 Å². The lowest BCUT2D eigenvalue weighted by molar-refractivity contribution is -0.114. The zero-order chi connectivity index (χ0) is 22.7. The molecule has 0 unspecified atom stereocenters. The zero-order valence-electron chi connectivity index (χ0n) is 17.6. The van der Waals surface area contributed by atoms with Gasteiger partial charge in [0, 0.05) is 18.7 Å². The number of aromatic nitrogens is 2. The van der Waals surface area contributed by atoms with E-state index in [1.54, 1.807) is 12.1 Å². The highest BCUT2D eigenvalue weighted by molar-refractivity contribution is 7.92. The van der Waals surface area contributed by atoms with Gasteiger partial charge in [-0.3, -0.25) is 4.79 Å². The standard InChI is InChI=1S/C23H23N5O3S/c1-15(29)25-17-10-12-18(13-11-17)32(30,31)21(14-24)22-23(26-16-6-2-3-7-16)28-20-9-5-4-8-19(20)27-22/h4-5,8-13,16,21H,2-3,6-7H2,1H3,(H,25,29)(H,26,28)/t21-/m0/s1.